The molecule has 2 heteroatoms. The standard InChI is InChI=1S/C18H23NS/c1-14(18-8-5-13-20-18)19-17-11-9-16(10-12-17)15-6-3-2-4-7-15/h2-8,13-14,16-17,19H,9-12H2,1H3. The number of rotatable bonds is 4. The lowest BCUT2D eigenvalue weighted by atomic mass is 9.81. The molecule has 1 unspecified atom stereocenters. The molecule has 1 atom stereocenters. The van der Waals surface area contributed by atoms with Crippen molar-refractivity contribution in [3.63, 3.8) is 0 Å². The Labute approximate surface area is 126 Å². The highest BCUT2D eigenvalue weighted by molar-refractivity contribution is 7.10. The average molecular weight is 285 g/mol. The SMILES string of the molecule is CC(NC1CCC(c2ccccc2)CC1)c1cccs1. The molecule has 0 saturated heterocycles. The summed E-state index contributed by atoms with van der Waals surface area (Å²) in [5.41, 5.74) is 1.53. The molecular formula is C18H23NS. The predicted molar refractivity (Wildman–Crippen MR) is 87.3 cm³/mol. The molecule has 1 fully saturated rings. The summed E-state index contributed by atoms with van der Waals surface area (Å²) >= 11 is 1.85. The number of hydrogen-bond donors (Lipinski definition) is 1. The highest BCUT2D eigenvalue weighted by Crippen LogP contribution is 2.33. The second-order valence-electron chi connectivity index (χ2n) is 5.86. The van der Waals surface area contributed by atoms with Gasteiger partial charge in [-0.1, -0.05) is 36.4 Å². The number of thiophene rings is 1. The summed E-state index contributed by atoms with van der Waals surface area (Å²) in [5, 5.41) is 5.97. The van der Waals surface area contributed by atoms with Gasteiger partial charge in [-0.3, -0.25) is 0 Å². The normalized spacial score (nSPS) is 24.4. The fraction of sp³-hybridized carbons (Fsp3) is 0.444. The van der Waals surface area contributed by atoms with Crippen LogP contribution in [0.3, 0.4) is 0 Å². The first-order valence-corrected chi connectivity index (χ1v) is 8.55. The molecule has 3 rings (SSSR count). The van der Waals surface area contributed by atoms with Crippen LogP contribution in [0.2, 0.25) is 0 Å². The highest BCUT2D eigenvalue weighted by Gasteiger charge is 2.23. The van der Waals surface area contributed by atoms with Crippen molar-refractivity contribution in [3.05, 3.63) is 58.3 Å². The Morgan fingerprint density at radius 3 is 2.40 bits per heavy atom. The molecule has 1 saturated carbocycles. The van der Waals surface area contributed by atoms with E-state index in [-0.39, 0.29) is 0 Å². The molecule has 0 bridgehead atoms. The Morgan fingerprint density at radius 1 is 1.00 bits per heavy atom. The van der Waals surface area contributed by atoms with Crippen LogP contribution < -0.4 is 5.32 Å². The quantitative estimate of drug-likeness (QED) is 0.821. The van der Waals surface area contributed by atoms with E-state index in [4.69, 9.17) is 0 Å². The first-order chi connectivity index (χ1) is 9.83. The largest absolute Gasteiger partial charge is 0.307 e. The molecule has 1 aromatic heterocycles. The molecule has 0 aliphatic heterocycles. The van der Waals surface area contributed by atoms with Crippen LogP contribution in [0.5, 0.6) is 0 Å². The minimum absolute atomic E-state index is 0.494. The van der Waals surface area contributed by atoms with Gasteiger partial charge in [0.05, 0.1) is 0 Å². The van der Waals surface area contributed by atoms with Crippen molar-refractivity contribution in [3.8, 4) is 0 Å². The van der Waals surface area contributed by atoms with E-state index in [9.17, 15) is 0 Å². The van der Waals surface area contributed by atoms with Crippen molar-refractivity contribution >= 4 is 11.3 Å². The van der Waals surface area contributed by atoms with Crippen LogP contribution in [0.1, 0.15) is 55.0 Å². The van der Waals surface area contributed by atoms with Crippen LogP contribution in [0.25, 0.3) is 0 Å². The zero-order valence-corrected chi connectivity index (χ0v) is 12.9. The Kier molecular flexibility index (Phi) is 4.54. The number of hydrogen-bond acceptors (Lipinski definition) is 2. The van der Waals surface area contributed by atoms with E-state index < -0.39 is 0 Å². The second-order valence-corrected chi connectivity index (χ2v) is 6.84. The first kappa shape index (κ1) is 13.8. The second kappa shape index (κ2) is 6.55. The molecule has 1 nitrogen and oxygen atoms in total. The van der Waals surface area contributed by atoms with Gasteiger partial charge in [-0.2, -0.15) is 0 Å². The monoisotopic (exact) mass is 285 g/mol. The van der Waals surface area contributed by atoms with Crippen LogP contribution >= 0.6 is 11.3 Å². The van der Waals surface area contributed by atoms with Crippen LogP contribution in [-0.2, 0) is 0 Å². The zero-order valence-electron chi connectivity index (χ0n) is 12.1. The van der Waals surface area contributed by atoms with Gasteiger partial charge < -0.3 is 5.32 Å². The van der Waals surface area contributed by atoms with Gasteiger partial charge in [0.1, 0.15) is 0 Å². The van der Waals surface area contributed by atoms with Crippen molar-refractivity contribution < 1.29 is 0 Å². The van der Waals surface area contributed by atoms with Crippen LogP contribution in [0, 0.1) is 0 Å². The lowest BCUT2D eigenvalue weighted by molar-refractivity contribution is 0.323. The van der Waals surface area contributed by atoms with Crippen LogP contribution in [0.4, 0.5) is 0 Å². The molecule has 2 aromatic rings. The lowest BCUT2D eigenvalue weighted by Crippen LogP contribution is -2.34. The van der Waals surface area contributed by atoms with Crippen molar-refractivity contribution in [1.82, 2.24) is 5.32 Å². The maximum absolute atomic E-state index is 3.80. The maximum Gasteiger partial charge on any atom is 0.0388 e. The fourth-order valence-electron chi connectivity index (χ4n) is 3.29. The van der Waals surface area contributed by atoms with Gasteiger partial charge in [0.2, 0.25) is 0 Å². The van der Waals surface area contributed by atoms with Crippen molar-refractivity contribution in [1.29, 1.82) is 0 Å². The summed E-state index contributed by atoms with van der Waals surface area (Å²) < 4.78 is 0. The zero-order chi connectivity index (χ0) is 13.8. The Bertz CT molecular complexity index is 497. The summed E-state index contributed by atoms with van der Waals surface area (Å²) in [5.74, 6) is 0.770. The number of nitrogens with one attached hydrogen (secondary N) is 1. The van der Waals surface area contributed by atoms with Crippen molar-refractivity contribution in [2.75, 3.05) is 0 Å². The van der Waals surface area contributed by atoms with Crippen LogP contribution in [0.15, 0.2) is 47.8 Å². The molecule has 0 radical (unpaired) electrons. The summed E-state index contributed by atoms with van der Waals surface area (Å²) in [7, 11) is 0. The highest BCUT2D eigenvalue weighted by atomic mass is 32.1. The van der Waals surface area contributed by atoms with Gasteiger partial charge in [-0.15, -0.1) is 11.3 Å². The summed E-state index contributed by atoms with van der Waals surface area (Å²) in [6.07, 6.45) is 5.24. The average Bonchev–Trinajstić information content (AvgIpc) is 3.03. The Hall–Kier alpha value is -1.12. The predicted octanol–water partition coefficient (Wildman–Crippen LogP) is 5.13. The van der Waals surface area contributed by atoms with Crippen molar-refractivity contribution in [2.45, 2.75) is 50.6 Å². The van der Waals surface area contributed by atoms with E-state index in [1.165, 1.54) is 36.1 Å². The van der Waals surface area contributed by atoms with Gasteiger partial charge >= 0.3 is 0 Å². The van der Waals surface area contributed by atoms with Gasteiger partial charge in [0, 0.05) is 17.0 Å². The first-order valence-electron chi connectivity index (χ1n) is 7.67. The van der Waals surface area contributed by atoms with E-state index >= 15 is 0 Å². The molecule has 1 aromatic carbocycles. The third-order valence-electron chi connectivity index (χ3n) is 4.45. The van der Waals surface area contributed by atoms with E-state index in [0.717, 1.165) is 5.92 Å². The molecule has 106 valence electrons. The van der Waals surface area contributed by atoms with E-state index in [1.807, 2.05) is 11.3 Å². The number of benzene rings is 1. The smallest absolute Gasteiger partial charge is 0.0388 e. The summed E-state index contributed by atoms with van der Waals surface area (Å²) in [6, 6.07) is 16.6. The lowest BCUT2D eigenvalue weighted by Gasteiger charge is -2.31. The van der Waals surface area contributed by atoms with Gasteiger partial charge in [-0.05, 0) is 55.5 Å². The van der Waals surface area contributed by atoms with Gasteiger partial charge in [0.15, 0.2) is 0 Å². The van der Waals surface area contributed by atoms with E-state index in [2.05, 4.69) is 60.1 Å². The Balaban J connectivity index is 1.51. The maximum atomic E-state index is 3.80. The molecular weight excluding hydrogens is 262 g/mol. The molecule has 20 heavy (non-hydrogen) atoms. The third-order valence-corrected chi connectivity index (χ3v) is 5.51. The molecule has 1 aliphatic rings. The molecule has 0 amide bonds. The van der Waals surface area contributed by atoms with Gasteiger partial charge in [-0.25, -0.2) is 0 Å². The topological polar surface area (TPSA) is 12.0 Å². The fourth-order valence-corrected chi connectivity index (χ4v) is 4.04. The van der Waals surface area contributed by atoms with E-state index in [0.29, 0.717) is 12.1 Å². The molecule has 1 heterocycles. The third kappa shape index (κ3) is 3.31. The van der Waals surface area contributed by atoms with Crippen LogP contribution in [-0.4, -0.2) is 6.04 Å². The molecule has 1 aliphatic carbocycles. The van der Waals surface area contributed by atoms with E-state index in [1.54, 1.807) is 0 Å². The van der Waals surface area contributed by atoms with Crippen molar-refractivity contribution in [2.24, 2.45) is 0 Å². The molecule has 0 spiro atoms. The molecule has 1 N–H and O–H groups in total. The minimum Gasteiger partial charge on any atom is -0.307 e. The summed E-state index contributed by atoms with van der Waals surface area (Å²) in [4.78, 5) is 1.45. The Morgan fingerprint density at radius 2 is 1.75 bits per heavy atom. The minimum atomic E-state index is 0.494. The van der Waals surface area contributed by atoms with Gasteiger partial charge in [0.25, 0.3) is 0 Å². The summed E-state index contributed by atoms with van der Waals surface area (Å²) in [6.45, 7) is 2.29.